The van der Waals surface area contributed by atoms with Crippen LogP contribution in [0.25, 0.3) is 11.0 Å². The second-order valence-corrected chi connectivity index (χ2v) is 8.31. The number of fused-ring (bicyclic) bond motifs is 1. The minimum Gasteiger partial charge on any atom is -0.455 e. The Morgan fingerprint density at radius 2 is 1.97 bits per heavy atom. The zero-order valence-corrected chi connectivity index (χ0v) is 18.5. The fourth-order valence-electron chi connectivity index (χ4n) is 4.29. The van der Waals surface area contributed by atoms with Crippen LogP contribution in [0.4, 0.5) is 0 Å². The van der Waals surface area contributed by atoms with E-state index in [1.165, 1.54) is 11.1 Å². The smallest absolute Gasteiger partial charge is 0.290 e. The maximum Gasteiger partial charge on any atom is 0.290 e. The third-order valence-electron chi connectivity index (χ3n) is 6.34. The van der Waals surface area contributed by atoms with Gasteiger partial charge >= 0.3 is 0 Å². The summed E-state index contributed by atoms with van der Waals surface area (Å²) in [5.41, 5.74) is 4.47. The Bertz CT molecular complexity index is 992. The molecule has 4 rings (SSSR count). The van der Waals surface area contributed by atoms with Gasteiger partial charge in [-0.3, -0.25) is 9.69 Å². The molecule has 1 fully saturated rings. The van der Waals surface area contributed by atoms with E-state index in [1.807, 2.05) is 17.0 Å². The molecule has 0 radical (unpaired) electrons. The number of nitrogens with zero attached hydrogens (tertiary/aromatic N) is 3. The normalized spacial score (nSPS) is 17.2. The molecular formula is C24H32N4O2. The summed E-state index contributed by atoms with van der Waals surface area (Å²) >= 11 is 0. The molecule has 1 aliphatic heterocycles. The number of hydrogen-bond acceptors (Lipinski definition) is 4. The molecule has 0 bridgehead atoms. The van der Waals surface area contributed by atoms with Gasteiger partial charge in [0.15, 0.2) is 5.76 Å². The van der Waals surface area contributed by atoms with Crippen LogP contribution in [0.15, 0.2) is 28.7 Å². The maximum absolute atomic E-state index is 13.3. The van der Waals surface area contributed by atoms with Gasteiger partial charge in [-0.05, 0) is 81.6 Å². The number of rotatable bonds is 6. The number of carbonyl (C=O) groups excluding carboxylic acids is 1. The summed E-state index contributed by atoms with van der Waals surface area (Å²) in [6.07, 6.45) is 3.01. The van der Waals surface area contributed by atoms with Gasteiger partial charge in [-0.25, -0.2) is 4.98 Å². The highest BCUT2D eigenvalue weighted by Gasteiger charge is 2.32. The SMILES string of the molecule is CCN(CC)Cc1ccc(C(=O)N2CCCCC2c2nc3cc(C)c(C)cc3[nH]2)o1. The van der Waals surface area contributed by atoms with Gasteiger partial charge in [0.05, 0.1) is 23.6 Å². The van der Waals surface area contributed by atoms with E-state index >= 15 is 0 Å². The Morgan fingerprint density at radius 1 is 1.20 bits per heavy atom. The Morgan fingerprint density at radius 3 is 2.73 bits per heavy atom. The average Bonchev–Trinajstić information content (AvgIpc) is 3.38. The Labute approximate surface area is 178 Å². The molecule has 160 valence electrons. The van der Waals surface area contributed by atoms with Crippen molar-refractivity contribution in [3.05, 3.63) is 52.7 Å². The van der Waals surface area contributed by atoms with Crippen molar-refractivity contribution >= 4 is 16.9 Å². The number of furan rings is 1. The van der Waals surface area contributed by atoms with Crippen molar-refractivity contribution < 1.29 is 9.21 Å². The van der Waals surface area contributed by atoms with Crippen LogP contribution in [0.2, 0.25) is 0 Å². The highest BCUT2D eigenvalue weighted by molar-refractivity contribution is 5.92. The Balaban J connectivity index is 1.58. The van der Waals surface area contributed by atoms with Crippen LogP contribution >= 0.6 is 0 Å². The van der Waals surface area contributed by atoms with Crippen molar-refractivity contribution in [2.45, 2.75) is 59.5 Å². The molecule has 6 heteroatoms. The number of benzene rings is 1. The van der Waals surface area contributed by atoms with Crippen LogP contribution in [-0.4, -0.2) is 45.3 Å². The summed E-state index contributed by atoms with van der Waals surface area (Å²) in [6.45, 7) is 11.8. The maximum atomic E-state index is 13.3. The summed E-state index contributed by atoms with van der Waals surface area (Å²) < 4.78 is 5.94. The number of H-pyrrole nitrogens is 1. The van der Waals surface area contributed by atoms with Gasteiger partial charge in [0.25, 0.3) is 5.91 Å². The summed E-state index contributed by atoms with van der Waals surface area (Å²) in [6, 6.07) is 7.96. The van der Waals surface area contributed by atoms with E-state index in [-0.39, 0.29) is 11.9 Å². The molecule has 30 heavy (non-hydrogen) atoms. The zero-order valence-electron chi connectivity index (χ0n) is 18.5. The minimum absolute atomic E-state index is 0.0432. The second kappa shape index (κ2) is 8.64. The third kappa shape index (κ3) is 4.01. The van der Waals surface area contributed by atoms with Crippen molar-refractivity contribution in [2.75, 3.05) is 19.6 Å². The zero-order chi connectivity index (χ0) is 21.3. The molecule has 1 amide bonds. The molecule has 0 saturated carbocycles. The summed E-state index contributed by atoms with van der Waals surface area (Å²) in [5, 5.41) is 0. The lowest BCUT2D eigenvalue weighted by Crippen LogP contribution is -2.38. The lowest BCUT2D eigenvalue weighted by atomic mass is 10.0. The van der Waals surface area contributed by atoms with Crippen LogP contribution in [-0.2, 0) is 6.54 Å². The molecule has 1 N–H and O–H groups in total. The molecule has 0 spiro atoms. The van der Waals surface area contributed by atoms with Crippen LogP contribution in [0, 0.1) is 13.8 Å². The molecule has 0 aliphatic carbocycles. The molecule has 1 saturated heterocycles. The van der Waals surface area contributed by atoms with Gasteiger partial charge in [-0.15, -0.1) is 0 Å². The topological polar surface area (TPSA) is 65.4 Å². The van der Waals surface area contributed by atoms with Crippen molar-refractivity contribution in [1.82, 2.24) is 19.8 Å². The summed E-state index contributed by atoms with van der Waals surface area (Å²) in [4.78, 5) is 25.8. The molecule has 1 atom stereocenters. The van der Waals surface area contributed by atoms with Gasteiger partial charge < -0.3 is 14.3 Å². The number of aromatic nitrogens is 2. The van der Waals surface area contributed by atoms with Gasteiger partial charge in [-0.1, -0.05) is 13.8 Å². The van der Waals surface area contributed by atoms with E-state index in [4.69, 9.17) is 9.40 Å². The molecule has 1 unspecified atom stereocenters. The first-order valence-electron chi connectivity index (χ1n) is 11.1. The lowest BCUT2D eigenvalue weighted by molar-refractivity contribution is 0.0565. The molecule has 2 aromatic heterocycles. The lowest BCUT2D eigenvalue weighted by Gasteiger charge is -2.33. The quantitative estimate of drug-likeness (QED) is 0.625. The first-order valence-corrected chi connectivity index (χ1v) is 11.1. The number of piperidine rings is 1. The molecule has 1 aromatic carbocycles. The van der Waals surface area contributed by atoms with E-state index in [1.54, 1.807) is 0 Å². The first-order chi connectivity index (χ1) is 14.5. The Hall–Kier alpha value is -2.60. The molecule has 6 nitrogen and oxygen atoms in total. The van der Waals surface area contributed by atoms with Gasteiger partial charge in [0.1, 0.15) is 11.6 Å². The van der Waals surface area contributed by atoms with E-state index in [0.717, 1.165) is 68.1 Å². The molecule has 3 heterocycles. The van der Waals surface area contributed by atoms with Crippen LogP contribution in [0.3, 0.4) is 0 Å². The monoisotopic (exact) mass is 408 g/mol. The van der Waals surface area contributed by atoms with Crippen LogP contribution in [0.1, 0.15) is 72.4 Å². The van der Waals surface area contributed by atoms with Gasteiger partial charge in [0.2, 0.25) is 0 Å². The van der Waals surface area contributed by atoms with E-state index in [2.05, 4.69) is 49.7 Å². The van der Waals surface area contributed by atoms with Crippen molar-refractivity contribution in [3.8, 4) is 0 Å². The fourth-order valence-corrected chi connectivity index (χ4v) is 4.29. The second-order valence-electron chi connectivity index (χ2n) is 8.31. The van der Waals surface area contributed by atoms with Crippen LogP contribution in [0.5, 0.6) is 0 Å². The predicted octanol–water partition coefficient (Wildman–Crippen LogP) is 4.98. The van der Waals surface area contributed by atoms with Crippen molar-refractivity contribution in [1.29, 1.82) is 0 Å². The highest BCUT2D eigenvalue weighted by Crippen LogP contribution is 2.32. The van der Waals surface area contributed by atoms with Gasteiger partial charge in [-0.2, -0.15) is 0 Å². The molecule has 1 aliphatic rings. The fraction of sp³-hybridized carbons (Fsp3) is 0.500. The number of amides is 1. The number of aromatic amines is 1. The summed E-state index contributed by atoms with van der Waals surface area (Å²) in [5.74, 6) is 2.09. The number of carbonyl (C=O) groups is 1. The predicted molar refractivity (Wildman–Crippen MR) is 119 cm³/mol. The van der Waals surface area contributed by atoms with Gasteiger partial charge in [0, 0.05) is 6.54 Å². The van der Waals surface area contributed by atoms with Crippen molar-refractivity contribution in [3.63, 3.8) is 0 Å². The standard InChI is InChI=1S/C24H32N4O2/c1-5-27(6-2)15-18-10-11-22(30-18)24(29)28-12-8-7-9-21(28)23-25-19-13-16(3)17(4)14-20(19)26-23/h10-11,13-14,21H,5-9,12,15H2,1-4H3,(H,25,26). The number of likely N-dealkylation sites (tertiary alicyclic amines) is 1. The third-order valence-corrected chi connectivity index (χ3v) is 6.34. The average molecular weight is 409 g/mol. The molecule has 3 aromatic rings. The van der Waals surface area contributed by atoms with E-state index in [0.29, 0.717) is 5.76 Å². The largest absolute Gasteiger partial charge is 0.455 e. The van der Waals surface area contributed by atoms with Crippen molar-refractivity contribution in [2.24, 2.45) is 0 Å². The number of nitrogens with one attached hydrogen (secondary N) is 1. The number of imidazole rings is 1. The minimum atomic E-state index is -0.0457. The first kappa shape index (κ1) is 20.7. The number of aryl methyl sites for hydroxylation is 2. The molecular weight excluding hydrogens is 376 g/mol. The van der Waals surface area contributed by atoms with Crippen LogP contribution < -0.4 is 0 Å². The Kier molecular flexibility index (Phi) is 5.95. The van der Waals surface area contributed by atoms with E-state index in [9.17, 15) is 4.79 Å². The summed E-state index contributed by atoms with van der Waals surface area (Å²) in [7, 11) is 0. The number of hydrogen-bond donors (Lipinski definition) is 1. The van der Waals surface area contributed by atoms with E-state index < -0.39 is 0 Å². The highest BCUT2D eigenvalue weighted by atomic mass is 16.4.